The highest BCUT2D eigenvalue weighted by Crippen LogP contribution is 2.40. The Morgan fingerprint density at radius 2 is 1.76 bits per heavy atom. The second kappa shape index (κ2) is 10.3. The second-order valence-electron chi connectivity index (χ2n) is 10.6. The van der Waals surface area contributed by atoms with Crippen molar-refractivity contribution in [3.63, 3.8) is 0 Å². The van der Waals surface area contributed by atoms with Crippen molar-refractivity contribution >= 4 is 11.8 Å². The van der Waals surface area contributed by atoms with Crippen molar-refractivity contribution in [3.05, 3.63) is 66.0 Å². The summed E-state index contributed by atoms with van der Waals surface area (Å²) in [4.78, 5) is 17.1. The normalized spacial score (nSPS) is 22.8. The molecule has 33 heavy (non-hydrogen) atoms. The zero-order valence-corrected chi connectivity index (χ0v) is 20.2. The maximum absolute atomic E-state index is 13.9. The minimum absolute atomic E-state index is 0.348. The second-order valence-corrected chi connectivity index (χ2v) is 10.6. The monoisotopic (exact) mass is 452 g/mol. The van der Waals surface area contributed by atoms with Crippen LogP contribution in [0.15, 0.2) is 54.6 Å². The molecule has 0 aliphatic carbocycles. The van der Waals surface area contributed by atoms with Gasteiger partial charge in [-0.05, 0) is 89.0 Å². The van der Waals surface area contributed by atoms with Crippen LogP contribution in [0.2, 0.25) is 0 Å². The number of hydrogen-bond donors (Lipinski definition) is 0. The first-order chi connectivity index (χ1) is 15.8. The van der Waals surface area contributed by atoms with Gasteiger partial charge in [-0.15, -0.1) is 0 Å². The van der Waals surface area contributed by atoms with Gasteiger partial charge in [0.05, 0.1) is 0 Å². The molecule has 5 heteroatoms. The number of benzene rings is 2. The van der Waals surface area contributed by atoms with Crippen LogP contribution in [0.4, 0.5) is 14.9 Å². The van der Waals surface area contributed by atoms with Gasteiger partial charge in [-0.2, -0.15) is 0 Å². The molecule has 2 aliphatic heterocycles. The molecular weight excluding hydrogens is 415 g/mol. The average Bonchev–Trinajstić information content (AvgIpc) is 2.98. The van der Waals surface area contributed by atoms with Crippen LogP contribution in [0, 0.1) is 11.7 Å². The van der Waals surface area contributed by atoms with E-state index in [9.17, 15) is 9.18 Å². The van der Waals surface area contributed by atoms with Crippen molar-refractivity contribution in [1.82, 2.24) is 4.90 Å². The van der Waals surface area contributed by atoms with E-state index in [0.29, 0.717) is 24.3 Å². The van der Waals surface area contributed by atoms with E-state index >= 15 is 0 Å². The molecule has 4 nitrogen and oxygen atoms in total. The number of nitrogens with zero attached hydrogens (tertiary/aromatic N) is 2. The van der Waals surface area contributed by atoms with Crippen molar-refractivity contribution in [2.75, 3.05) is 18.0 Å². The molecule has 0 saturated carbocycles. The summed E-state index contributed by atoms with van der Waals surface area (Å²) >= 11 is 0. The van der Waals surface area contributed by atoms with E-state index in [1.165, 1.54) is 49.8 Å². The van der Waals surface area contributed by atoms with Crippen LogP contribution < -0.4 is 4.90 Å². The smallest absolute Gasteiger partial charge is 0.414 e. The van der Waals surface area contributed by atoms with Gasteiger partial charge >= 0.3 is 6.09 Å². The number of fused-ring (bicyclic) bond motifs is 2. The Bertz CT molecular complexity index is 913. The van der Waals surface area contributed by atoms with E-state index < -0.39 is 11.7 Å². The first-order valence-electron chi connectivity index (χ1n) is 12.3. The summed E-state index contributed by atoms with van der Waals surface area (Å²) in [6, 6.07) is 18.3. The molecule has 178 valence electrons. The summed E-state index contributed by atoms with van der Waals surface area (Å²) in [5.41, 5.74) is 1.40. The van der Waals surface area contributed by atoms with Crippen LogP contribution in [0.1, 0.15) is 58.4 Å². The number of hydrogen-bond acceptors (Lipinski definition) is 3. The summed E-state index contributed by atoms with van der Waals surface area (Å²) < 4.78 is 19.5. The SMILES string of the molecule is CC(C)(C)OC(=O)N(CCCN1C2CCC1CC(Cc1ccccc1)C2)c1cccc(F)c1. The molecule has 2 atom stereocenters. The van der Waals surface area contributed by atoms with E-state index in [2.05, 4.69) is 35.2 Å². The van der Waals surface area contributed by atoms with Gasteiger partial charge in [0.1, 0.15) is 11.4 Å². The molecule has 0 aromatic heterocycles. The van der Waals surface area contributed by atoms with E-state index in [-0.39, 0.29) is 5.82 Å². The maximum atomic E-state index is 13.9. The first-order valence-corrected chi connectivity index (χ1v) is 12.3. The predicted octanol–water partition coefficient (Wildman–Crippen LogP) is 6.44. The van der Waals surface area contributed by atoms with Gasteiger partial charge < -0.3 is 4.74 Å². The summed E-state index contributed by atoms with van der Waals surface area (Å²) in [5, 5.41) is 0. The fourth-order valence-electron chi connectivity index (χ4n) is 5.56. The summed E-state index contributed by atoms with van der Waals surface area (Å²) in [6.07, 6.45) is 6.65. The van der Waals surface area contributed by atoms with Crippen LogP contribution in [0.25, 0.3) is 0 Å². The van der Waals surface area contributed by atoms with Gasteiger partial charge in [0.25, 0.3) is 0 Å². The molecule has 4 rings (SSSR count). The van der Waals surface area contributed by atoms with E-state index in [1.807, 2.05) is 20.8 Å². The molecule has 2 saturated heterocycles. The number of carbonyl (C=O) groups excluding carboxylic acids is 1. The highest BCUT2D eigenvalue weighted by Gasteiger charge is 2.40. The van der Waals surface area contributed by atoms with Gasteiger partial charge in [0.2, 0.25) is 0 Å². The highest BCUT2D eigenvalue weighted by molar-refractivity contribution is 5.87. The lowest BCUT2D eigenvalue weighted by atomic mass is 9.85. The standard InChI is InChI=1S/C28H37FN2O2/c1-28(2,3)33-27(32)31(24-12-7-11-23(29)20-24)16-8-15-30-25-13-14-26(30)19-22(18-25)17-21-9-5-4-6-10-21/h4-7,9-12,20,22,25-26H,8,13-19H2,1-3H3. The molecule has 2 heterocycles. The van der Waals surface area contributed by atoms with Crippen molar-refractivity contribution in [2.24, 2.45) is 5.92 Å². The number of carbonyl (C=O) groups is 1. The lowest BCUT2D eigenvalue weighted by Gasteiger charge is -2.39. The van der Waals surface area contributed by atoms with Crippen LogP contribution in [0.5, 0.6) is 0 Å². The zero-order chi connectivity index (χ0) is 23.4. The Labute approximate surface area is 197 Å². The molecule has 2 bridgehead atoms. The number of rotatable bonds is 7. The third-order valence-electron chi connectivity index (χ3n) is 6.88. The zero-order valence-electron chi connectivity index (χ0n) is 20.2. The lowest BCUT2D eigenvalue weighted by Crippen LogP contribution is -2.45. The van der Waals surface area contributed by atoms with E-state index in [4.69, 9.17) is 4.74 Å². The Morgan fingerprint density at radius 1 is 1.06 bits per heavy atom. The third kappa shape index (κ3) is 6.35. The molecule has 1 amide bonds. The van der Waals surface area contributed by atoms with Crippen LogP contribution in [-0.2, 0) is 11.2 Å². The van der Waals surface area contributed by atoms with Crippen LogP contribution >= 0.6 is 0 Å². The van der Waals surface area contributed by atoms with Crippen LogP contribution in [-0.4, -0.2) is 41.8 Å². The van der Waals surface area contributed by atoms with E-state index in [1.54, 1.807) is 17.0 Å². The summed E-state index contributed by atoms with van der Waals surface area (Å²) in [5.74, 6) is 0.409. The number of ether oxygens (including phenoxy) is 1. The molecule has 0 radical (unpaired) electrons. The van der Waals surface area contributed by atoms with Crippen molar-refractivity contribution < 1.29 is 13.9 Å². The van der Waals surface area contributed by atoms with Gasteiger partial charge in [-0.1, -0.05) is 36.4 Å². The quantitative estimate of drug-likeness (QED) is 0.484. The van der Waals surface area contributed by atoms with Gasteiger partial charge in [0, 0.05) is 30.9 Å². The van der Waals surface area contributed by atoms with Gasteiger partial charge in [-0.3, -0.25) is 9.80 Å². The Morgan fingerprint density at radius 3 is 2.39 bits per heavy atom. The summed E-state index contributed by atoms with van der Waals surface area (Å²) in [7, 11) is 0. The molecule has 2 aromatic rings. The largest absolute Gasteiger partial charge is 0.443 e. The third-order valence-corrected chi connectivity index (χ3v) is 6.88. The van der Waals surface area contributed by atoms with Crippen molar-refractivity contribution in [1.29, 1.82) is 0 Å². The minimum Gasteiger partial charge on any atom is -0.443 e. The fourth-order valence-corrected chi connectivity index (χ4v) is 5.56. The Balaban J connectivity index is 1.35. The molecule has 2 unspecified atom stereocenters. The van der Waals surface area contributed by atoms with E-state index in [0.717, 1.165) is 18.9 Å². The Hall–Kier alpha value is -2.40. The van der Waals surface area contributed by atoms with Crippen LogP contribution in [0.3, 0.4) is 0 Å². The molecule has 0 N–H and O–H groups in total. The maximum Gasteiger partial charge on any atom is 0.414 e. The predicted molar refractivity (Wildman–Crippen MR) is 131 cm³/mol. The average molecular weight is 453 g/mol. The Kier molecular flexibility index (Phi) is 7.38. The molecule has 2 fully saturated rings. The van der Waals surface area contributed by atoms with Gasteiger partial charge in [0.15, 0.2) is 0 Å². The van der Waals surface area contributed by atoms with Crippen molar-refractivity contribution in [2.45, 2.75) is 77.0 Å². The lowest BCUT2D eigenvalue weighted by molar-refractivity contribution is 0.0575. The number of amides is 1. The minimum atomic E-state index is -0.595. The van der Waals surface area contributed by atoms with Crippen molar-refractivity contribution in [3.8, 4) is 0 Å². The number of halogens is 1. The first kappa shape index (κ1) is 23.7. The topological polar surface area (TPSA) is 32.8 Å². The fraction of sp³-hybridized carbons (Fsp3) is 0.536. The highest BCUT2D eigenvalue weighted by atomic mass is 19.1. The molecule has 0 spiro atoms. The molecular formula is C28H37FN2O2. The summed E-state index contributed by atoms with van der Waals surface area (Å²) in [6.45, 7) is 7.04. The molecule has 2 aromatic carbocycles. The number of anilines is 1. The number of piperidine rings is 1. The molecule has 2 aliphatic rings. The van der Waals surface area contributed by atoms with Gasteiger partial charge in [-0.25, -0.2) is 9.18 Å².